The monoisotopic (exact) mass is 385 g/mol. The molecule has 0 radical (unpaired) electrons. The van der Waals surface area contributed by atoms with Crippen molar-refractivity contribution < 1.29 is 12.8 Å². The largest absolute Gasteiger partial charge is 0.313 e. The molecular formula is C20H20FN3O2S. The van der Waals surface area contributed by atoms with Crippen LogP contribution in [0.5, 0.6) is 0 Å². The minimum absolute atomic E-state index is 0.0459. The predicted octanol–water partition coefficient (Wildman–Crippen LogP) is 3.52. The topological polar surface area (TPSA) is 64.0 Å². The van der Waals surface area contributed by atoms with Gasteiger partial charge in [-0.05, 0) is 61.7 Å². The second-order valence-corrected chi connectivity index (χ2v) is 8.43. The van der Waals surface area contributed by atoms with E-state index in [2.05, 4.69) is 10.3 Å². The van der Waals surface area contributed by atoms with Crippen molar-refractivity contribution >= 4 is 10.0 Å². The van der Waals surface area contributed by atoms with E-state index >= 15 is 0 Å². The number of rotatable bonds is 4. The maximum Gasteiger partial charge on any atom is 0.269 e. The Morgan fingerprint density at radius 3 is 2.74 bits per heavy atom. The van der Waals surface area contributed by atoms with Gasteiger partial charge < -0.3 is 5.32 Å². The van der Waals surface area contributed by atoms with E-state index in [1.807, 2.05) is 7.05 Å². The number of nitrogens with zero attached hydrogens (tertiary/aromatic N) is 2. The molecule has 0 saturated heterocycles. The molecule has 0 spiro atoms. The molecule has 1 atom stereocenters. The van der Waals surface area contributed by atoms with Crippen LogP contribution in [0.15, 0.2) is 59.9 Å². The van der Waals surface area contributed by atoms with E-state index in [-0.39, 0.29) is 10.9 Å². The highest BCUT2D eigenvalue weighted by molar-refractivity contribution is 7.90. The second-order valence-electron chi connectivity index (χ2n) is 6.61. The molecule has 5 nitrogen and oxygen atoms in total. The Labute approximate surface area is 157 Å². The smallest absolute Gasteiger partial charge is 0.269 e. The molecule has 2 aromatic heterocycles. The van der Waals surface area contributed by atoms with Crippen LogP contribution in [0.25, 0.3) is 11.3 Å². The van der Waals surface area contributed by atoms with Gasteiger partial charge in [-0.25, -0.2) is 16.8 Å². The Morgan fingerprint density at radius 2 is 2.04 bits per heavy atom. The third kappa shape index (κ3) is 2.96. The number of hydrogen-bond acceptors (Lipinski definition) is 4. The lowest BCUT2D eigenvalue weighted by Crippen LogP contribution is -2.20. The summed E-state index contributed by atoms with van der Waals surface area (Å²) < 4.78 is 42.5. The summed E-state index contributed by atoms with van der Waals surface area (Å²) in [7, 11) is -2.04. The first-order valence-electron chi connectivity index (χ1n) is 8.86. The van der Waals surface area contributed by atoms with Gasteiger partial charge in [-0.15, -0.1) is 0 Å². The van der Waals surface area contributed by atoms with E-state index in [0.717, 1.165) is 24.0 Å². The minimum atomic E-state index is -3.90. The summed E-state index contributed by atoms with van der Waals surface area (Å²) >= 11 is 0. The van der Waals surface area contributed by atoms with Crippen LogP contribution in [0.2, 0.25) is 0 Å². The number of aromatic nitrogens is 2. The van der Waals surface area contributed by atoms with E-state index in [1.54, 1.807) is 30.5 Å². The normalized spacial score (nSPS) is 16.9. The third-order valence-corrected chi connectivity index (χ3v) is 6.72. The standard InChI is InChI=1S/C20H20FN3O2S/c1-22-19-10-4-8-15-17(19)13-24(20(15)16-7-2-3-9-18(16)21)27(25,26)14-6-5-11-23-12-14/h2-3,5-7,9,11-13,19,22H,4,8,10H2,1H3. The van der Waals surface area contributed by atoms with Crippen molar-refractivity contribution in [2.75, 3.05) is 7.05 Å². The Bertz CT molecular complexity index is 1080. The molecule has 2 heterocycles. The Kier molecular flexibility index (Phi) is 4.57. The molecule has 140 valence electrons. The average molecular weight is 385 g/mol. The van der Waals surface area contributed by atoms with Crippen LogP contribution in [0.1, 0.15) is 30.0 Å². The van der Waals surface area contributed by atoms with E-state index < -0.39 is 15.8 Å². The molecule has 1 aliphatic rings. The van der Waals surface area contributed by atoms with Gasteiger partial charge in [0.2, 0.25) is 0 Å². The van der Waals surface area contributed by atoms with Crippen LogP contribution in [-0.4, -0.2) is 24.4 Å². The summed E-state index contributed by atoms with van der Waals surface area (Å²) in [5.41, 5.74) is 2.50. The minimum Gasteiger partial charge on any atom is -0.313 e. The van der Waals surface area contributed by atoms with Crippen molar-refractivity contribution in [1.29, 1.82) is 0 Å². The van der Waals surface area contributed by atoms with Crippen LogP contribution in [-0.2, 0) is 16.4 Å². The summed E-state index contributed by atoms with van der Waals surface area (Å²) in [5.74, 6) is -0.437. The summed E-state index contributed by atoms with van der Waals surface area (Å²) in [4.78, 5) is 4.01. The lowest BCUT2D eigenvalue weighted by molar-refractivity contribution is 0.499. The lowest BCUT2D eigenvalue weighted by atomic mass is 9.88. The van der Waals surface area contributed by atoms with Gasteiger partial charge in [0, 0.05) is 30.2 Å². The summed E-state index contributed by atoms with van der Waals surface area (Å²) in [5, 5.41) is 3.24. The van der Waals surface area contributed by atoms with Crippen molar-refractivity contribution in [2.45, 2.75) is 30.2 Å². The van der Waals surface area contributed by atoms with Crippen molar-refractivity contribution in [3.8, 4) is 11.3 Å². The van der Waals surface area contributed by atoms with Gasteiger partial charge in [-0.3, -0.25) is 4.98 Å². The molecular weight excluding hydrogens is 365 g/mol. The molecule has 1 N–H and O–H groups in total. The van der Waals surface area contributed by atoms with Crippen LogP contribution >= 0.6 is 0 Å². The SMILES string of the molecule is CNC1CCCc2c1cn(S(=O)(=O)c1cccnc1)c2-c1ccccc1F. The molecule has 0 bridgehead atoms. The summed E-state index contributed by atoms with van der Waals surface area (Å²) in [6, 6.07) is 9.43. The zero-order chi connectivity index (χ0) is 19.0. The molecule has 1 aliphatic carbocycles. The Hall–Kier alpha value is -2.51. The first-order valence-corrected chi connectivity index (χ1v) is 10.3. The van der Waals surface area contributed by atoms with Crippen molar-refractivity contribution in [3.63, 3.8) is 0 Å². The fourth-order valence-corrected chi connectivity index (χ4v) is 5.15. The number of halogens is 1. The molecule has 27 heavy (non-hydrogen) atoms. The second kappa shape index (κ2) is 6.90. The third-order valence-electron chi connectivity index (χ3n) is 5.07. The first kappa shape index (κ1) is 17.9. The molecule has 1 aromatic carbocycles. The van der Waals surface area contributed by atoms with Gasteiger partial charge in [0.15, 0.2) is 0 Å². The van der Waals surface area contributed by atoms with Gasteiger partial charge in [0.1, 0.15) is 10.7 Å². The number of benzene rings is 1. The van der Waals surface area contributed by atoms with Gasteiger partial charge in [0.25, 0.3) is 10.0 Å². The molecule has 1 unspecified atom stereocenters. The zero-order valence-electron chi connectivity index (χ0n) is 14.9. The van der Waals surface area contributed by atoms with E-state index in [1.165, 1.54) is 28.5 Å². The first-order chi connectivity index (χ1) is 13.0. The Morgan fingerprint density at radius 1 is 1.22 bits per heavy atom. The maximum absolute atomic E-state index is 14.6. The van der Waals surface area contributed by atoms with Gasteiger partial charge in [-0.1, -0.05) is 12.1 Å². The number of fused-ring (bicyclic) bond motifs is 1. The predicted molar refractivity (Wildman–Crippen MR) is 101 cm³/mol. The number of pyridine rings is 1. The van der Waals surface area contributed by atoms with Crippen LogP contribution < -0.4 is 5.32 Å². The van der Waals surface area contributed by atoms with Gasteiger partial charge in [-0.2, -0.15) is 0 Å². The molecule has 0 amide bonds. The quantitative estimate of drug-likeness (QED) is 0.746. The highest BCUT2D eigenvalue weighted by Crippen LogP contribution is 2.40. The molecule has 0 fully saturated rings. The van der Waals surface area contributed by atoms with Crippen LogP contribution in [0, 0.1) is 5.82 Å². The van der Waals surface area contributed by atoms with Crippen molar-refractivity contribution in [3.05, 3.63) is 71.9 Å². The Balaban J connectivity index is 2.02. The highest BCUT2D eigenvalue weighted by atomic mass is 32.2. The van der Waals surface area contributed by atoms with E-state index in [0.29, 0.717) is 17.7 Å². The lowest BCUT2D eigenvalue weighted by Gasteiger charge is -2.22. The summed E-state index contributed by atoms with van der Waals surface area (Å²) in [6.45, 7) is 0. The van der Waals surface area contributed by atoms with Crippen LogP contribution in [0.4, 0.5) is 4.39 Å². The van der Waals surface area contributed by atoms with E-state index in [4.69, 9.17) is 0 Å². The molecule has 0 saturated carbocycles. The molecule has 3 aromatic rings. The summed E-state index contributed by atoms with van der Waals surface area (Å²) in [6.07, 6.45) is 7.02. The fraction of sp³-hybridized carbons (Fsp3) is 0.250. The van der Waals surface area contributed by atoms with Crippen LogP contribution in [0.3, 0.4) is 0 Å². The van der Waals surface area contributed by atoms with Gasteiger partial charge >= 0.3 is 0 Å². The maximum atomic E-state index is 14.6. The van der Waals surface area contributed by atoms with E-state index in [9.17, 15) is 12.8 Å². The average Bonchev–Trinajstić information content (AvgIpc) is 3.09. The fourth-order valence-electron chi connectivity index (χ4n) is 3.78. The van der Waals surface area contributed by atoms with Crippen molar-refractivity contribution in [2.24, 2.45) is 0 Å². The van der Waals surface area contributed by atoms with Gasteiger partial charge in [0.05, 0.1) is 5.69 Å². The highest BCUT2D eigenvalue weighted by Gasteiger charge is 2.31. The number of nitrogens with one attached hydrogen (secondary N) is 1. The molecule has 7 heteroatoms. The zero-order valence-corrected chi connectivity index (χ0v) is 15.7. The number of hydrogen-bond donors (Lipinski definition) is 1. The van der Waals surface area contributed by atoms with Crippen molar-refractivity contribution in [1.82, 2.24) is 14.3 Å². The molecule has 0 aliphatic heterocycles. The molecule has 4 rings (SSSR count).